The SMILES string of the molecule is Cc1noc(Cn2nc3nc(C(C)(C)C)nc(N4CC[C@@](C)(O)C4)c3n2)n1.Cc1noc(Cn2nc3nc(C(C)(C)C)nc(N4CC[C@](C)(O)C4)c3n2)n1. The first-order valence-electron chi connectivity index (χ1n) is 18.0. The van der Waals surface area contributed by atoms with Gasteiger partial charge in [-0.1, -0.05) is 51.9 Å². The third kappa shape index (κ3) is 7.98. The summed E-state index contributed by atoms with van der Waals surface area (Å²) in [5.41, 5.74) is 0.304. The number of fused-ring (bicyclic) bond motifs is 2. The molecule has 2 saturated heterocycles. The van der Waals surface area contributed by atoms with Crippen LogP contribution >= 0.6 is 0 Å². The Bertz CT molecular complexity index is 2130. The topological polar surface area (TPSA) is 238 Å². The summed E-state index contributed by atoms with van der Waals surface area (Å²) < 4.78 is 10.3. The minimum Gasteiger partial charge on any atom is -0.388 e. The Labute approximate surface area is 311 Å². The van der Waals surface area contributed by atoms with Crippen molar-refractivity contribution in [3.8, 4) is 0 Å². The summed E-state index contributed by atoms with van der Waals surface area (Å²) in [4.78, 5) is 34.3. The molecule has 20 nitrogen and oxygen atoms in total. The number of aliphatic hydroxyl groups is 2. The first-order valence-corrected chi connectivity index (χ1v) is 18.0. The fourth-order valence-corrected chi connectivity index (χ4v) is 6.23. The van der Waals surface area contributed by atoms with Crippen LogP contribution in [0.1, 0.15) is 103 Å². The van der Waals surface area contributed by atoms with Gasteiger partial charge in [-0.2, -0.15) is 19.6 Å². The molecule has 0 bridgehead atoms. The maximum absolute atomic E-state index is 10.4. The molecule has 2 aliphatic heterocycles. The Kier molecular flexibility index (Phi) is 9.10. The van der Waals surface area contributed by atoms with Crippen molar-refractivity contribution in [1.82, 2.24) is 70.2 Å². The zero-order chi connectivity index (χ0) is 38.8. The molecule has 0 amide bonds. The lowest BCUT2D eigenvalue weighted by molar-refractivity contribution is 0.0833. The fraction of sp³-hybridized carbons (Fsp3) is 0.647. The van der Waals surface area contributed by atoms with Crippen LogP contribution in [0.4, 0.5) is 11.6 Å². The van der Waals surface area contributed by atoms with Crippen molar-refractivity contribution in [2.24, 2.45) is 0 Å². The molecule has 8 rings (SSSR count). The molecule has 0 unspecified atom stereocenters. The van der Waals surface area contributed by atoms with Gasteiger partial charge in [-0.05, 0) is 40.5 Å². The highest BCUT2D eigenvalue weighted by Gasteiger charge is 2.36. The van der Waals surface area contributed by atoms with Gasteiger partial charge in [0.2, 0.25) is 23.1 Å². The van der Waals surface area contributed by atoms with E-state index >= 15 is 0 Å². The van der Waals surface area contributed by atoms with Gasteiger partial charge < -0.3 is 29.1 Å². The van der Waals surface area contributed by atoms with E-state index in [1.54, 1.807) is 13.8 Å². The highest BCUT2D eigenvalue weighted by Crippen LogP contribution is 2.33. The molecule has 6 aromatic heterocycles. The number of rotatable bonds is 6. The van der Waals surface area contributed by atoms with Crippen LogP contribution in [0.3, 0.4) is 0 Å². The monoisotopic (exact) mass is 744 g/mol. The van der Waals surface area contributed by atoms with Crippen molar-refractivity contribution >= 4 is 34.0 Å². The van der Waals surface area contributed by atoms with Crippen LogP contribution in [0.2, 0.25) is 0 Å². The second-order valence-electron chi connectivity index (χ2n) is 16.9. The van der Waals surface area contributed by atoms with E-state index in [0.717, 1.165) is 0 Å². The van der Waals surface area contributed by atoms with E-state index in [2.05, 4.69) is 102 Å². The summed E-state index contributed by atoms with van der Waals surface area (Å²) in [6.45, 7) is 22.5. The summed E-state index contributed by atoms with van der Waals surface area (Å²) in [6.07, 6.45) is 1.36. The van der Waals surface area contributed by atoms with E-state index in [-0.39, 0.29) is 23.9 Å². The van der Waals surface area contributed by atoms with Gasteiger partial charge in [0.25, 0.3) is 0 Å². The quantitative estimate of drug-likeness (QED) is 0.249. The molecular weight excluding hydrogens is 696 g/mol. The lowest BCUT2D eigenvalue weighted by Gasteiger charge is -2.22. The third-order valence-electron chi connectivity index (χ3n) is 9.08. The van der Waals surface area contributed by atoms with E-state index < -0.39 is 11.2 Å². The van der Waals surface area contributed by atoms with Crippen molar-refractivity contribution in [2.45, 2.75) is 117 Å². The highest BCUT2D eigenvalue weighted by atomic mass is 16.5. The average Bonchev–Trinajstić information content (AvgIpc) is 3.91. The normalized spacial score (nSPS) is 20.7. The van der Waals surface area contributed by atoms with Crippen molar-refractivity contribution in [1.29, 1.82) is 0 Å². The number of aryl methyl sites for hydroxylation is 2. The Morgan fingerprint density at radius 2 is 0.981 bits per heavy atom. The highest BCUT2D eigenvalue weighted by molar-refractivity contribution is 5.83. The van der Waals surface area contributed by atoms with Gasteiger partial charge in [-0.25, -0.2) is 19.9 Å². The fourth-order valence-electron chi connectivity index (χ4n) is 6.23. The molecule has 2 atom stereocenters. The van der Waals surface area contributed by atoms with Crippen LogP contribution in [0.15, 0.2) is 9.05 Å². The largest absolute Gasteiger partial charge is 0.388 e. The first kappa shape index (κ1) is 37.1. The van der Waals surface area contributed by atoms with E-state index in [4.69, 9.17) is 19.0 Å². The first-order chi connectivity index (χ1) is 25.2. The summed E-state index contributed by atoms with van der Waals surface area (Å²) in [5, 5.41) is 46.5. The van der Waals surface area contributed by atoms with Crippen LogP contribution in [0.25, 0.3) is 22.3 Å². The van der Waals surface area contributed by atoms with E-state index in [1.807, 2.05) is 13.8 Å². The molecule has 0 aliphatic carbocycles. The summed E-state index contributed by atoms with van der Waals surface area (Å²) >= 11 is 0. The molecular formula is C34H48N16O4. The van der Waals surface area contributed by atoms with Gasteiger partial charge in [-0.15, -0.1) is 20.4 Å². The van der Waals surface area contributed by atoms with Crippen LogP contribution in [0.5, 0.6) is 0 Å². The van der Waals surface area contributed by atoms with E-state index in [9.17, 15) is 10.2 Å². The number of hydrogen-bond donors (Lipinski definition) is 2. The van der Waals surface area contributed by atoms with Gasteiger partial charge in [0.1, 0.15) is 24.7 Å². The minimum atomic E-state index is -0.740. The average molecular weight is 745 g/mol. The molecule has 2 fully saturated rings. The molecule has 8 heterocycles. The van der Waals surface area contributed by atoms with E-state index in [0.29, 0.717) is 108 Å². The molecule has 0 spiro atoms. The maximum atomic E-state index is 10.4. The lowest BCUT2D eigenvalue weighted by Crippen LogP contribution is -2.31. The number of hydrogen-bond acceptors (Lipinski definition) is 18. The lowest BCUT2D eigenvalue weighted by atomic mass is 9.95. The number of anilines is 2. The van der Waals surface area contributed by atoms with Gasteiger partial charge in [0, 0.05) is 37.0 Å². The van der Waals surface area contributed by atoms with Crippen molar-refractivity contribution in [3.63, 3.8) is 0 Å². The molecule has 2 aliphatic rings. The van der Waals surface area contributed by atoms with Crippen molar-refractivity contribution < 1.29 is 19.3 Å². The molecule has 54 heavy (non-hydrogen) atoms. The van der Waals surface area contributed by atoms with E-state index in [1.165, 1.54) is 9.59 Å². The van der Waals surface area contributed by atoms with Crippen LogP contribution in [-0.4, -0.2) is 118 Å². The second kappa shape index (κ2) is 13.3. The zero-order valence-corrected chi connectivity index (χ0v) is 32.5. The smallest absolute Gasteiger partial charge is 0.250 e. The van der Waals surface area contributed by atoms with Crippen molar-refractivity contribution in [2.75, 3.05) is 36.0 Å². The van der Waals surface area contributed by atoms with Crippen LogP contribution in [0, 0.1) is 13.8 Å². The molecule has 0 radical (unpaired) electrons. The maximum Gasteiger partial charge on any atom is 0.250 e. The van der Waals surface area contributed by atoms with Crippen LogP contribution < -0.4 is 9.80 Å². The Morgan fingerprint density at radius 3 is 1.28 bits per heavy atom. The third-order valence-corrected chi connectivity index (χ3v) is 9.08. The Morgan fingerprint density at radius 1 is 0.593 bits per heavy atom. The predicted octanol–water partition coefficient (Wildman–Crippen LogP) is 2.44. The second-order valence-corrected chi connectivity index (χ2v) is 16.9. The van der Waals surface area contributed by atoms with Crippen molar-refractivity contribution in [3.05, 3.63) is 35.1 Å². The summed E-state index contributed by atoms with van der Waals surface area (Å²) in [5.74, 6) is 4.79. The molecule has 2 N–H and O–H groups in total. The summed E-state index contributed by atoms with van der Waals surface area (Å²) in [6, 6.07) is 0. The Balaban J connectivity index is 0.000000167. The van der Waals surface area contributed by atoms with Gasteiger partial charge in [0.05, 0.1) is 11.2 Å². The molecule has 288 valence electrons. The Hall–Kier alpha value is -5.24. The molecule has 20 heteroatoms. The van der Waals surface area contributed by atoms with Crippen LogP contribution in [-0.2, 0) is 23.9 Å². The van der Waals surface area contributed by atoms with Gasteiger partial charge >= 0.3 is 0 Å². The predicted molar refractivity (Wildman–Crippen MR) is 195 cm³/mol. The molecule has 0 aromatic carbocycles. The number of β-amino-alcohol motifs (C(OH)–C–C–N with tert-alkyl or cyclic N) is 2. The molecule has 6 aromatic rings. The zero-order valence-electron chi connectivity index (χ0n) is 32.5. The minimum absolute atomic E-state index is 0.238. The number of aromatic nitrogens is 14. The number of nitrogens with zero attached hydrogens (tertiary/aromatic N) is 16. The molecule has 0 saturated carbocycles. The standard InChI is InChI=1S/2C17H24N8O2/c2*1-10-18-11(27-23-10)8-25-21-12-13(22-25)19-15(16(2,3)4)20-14(12)24-7-6-17(5,26)9-24/h2*26H,6-9H2,1-5H3/t2*17-/m10/s1. The summed E-state index contributed by atoms with van der Waals surface area (Å²) in [7, 11) is 0. The van der Waals surface area contributed by atoms with Gasteiger partial charge in [0.15, 0.2) is 34.3 Å². The van der Waals surface area contributed by atoms with Gasteiger partial charge in [-0.3, -0.25) is 0 Å².